The number of hydrogen-bond acceptors (Lipinski definition) is 11. The number of nitrogen functional groups attached to an aromatic ring is 1. The number of nitrogens with two attached hydrogens (primary N) is 1. The lowest BCUT2D eigenvalue weighted by Gasteiger charge is -2.11. The zero-order chi connectivity index (χ0) is 23.1. The van der Waals surface area contributed by atoms with Gasteiger partial charge in [0.25, 0.3) is 0 Å². The molecule has 0 aliphatic carbocycles. The van der Waals surface area contributed by atoms with Gasteiger partial charge in [0.1, 0.15) is 23.3 Å². The van der Waals surface area contributed by atoms with Crippen LogP contribution in [0.2, 0.25) is 0 Å². The molecule has 32 heavy (non-hydrogen) atoms. The van der Waals surface area contributed by atoms with E-state index in [0.29, 0.717) is 47.8 Å². The number of anilines is 1. The quantitative estimate of drug-likeness (QED) is 0.209. The first kappa shape index (κ1) is 23.4. The van der Waals surface area contributed by atoms with Gasteiger partial charge in [-0.2, -0.15) is 8.42 Å². The molecule has 0 fully saturated rings. The molecule has 0 aliphatic rings. The molecule has 0 bridgehead atoms. The van der Waals surface area contributed by atoms with E-state index in [1.165, 1.54) is 6.20 Å². The molecular formula is C18H22FN7O5S. The van der Waals surface area contributed by atoms with Crippen LogP contribution >= 0.6 is 0 Å². The number of imidazole rings is 1. The fraction of sp³-hybridized carbons (Fsp3) is 0.444. The summed E-state index contributed by atoms with van der Waals surface area (Å²) < 4.78 is 45.9. The Morgan fingerprint density at radius 3 is 2.84 bits per heavy atom. The van der Waals surface area contributed by atoms with Crippen molar-refractivity contribution in [3.05, 3.63) is 11.9 Å². The van der Waals surface area contributed by atoms with E-state index in [9.17, 15) is 12.3 Å². The van der Waals surface area contributed by atoms with E-state index >= 15 is 0 Å². The van der Waals surface area contributed by atoms with Gasteiger partial charge in [0.05, 0.1) is 18.6 Å². The molecule has 3 aromatic heterocycles. The number of hydrogen-bond donors (Lipinski definition) is 3. The maximum atomic E-state index is 12.5. The van der Waals surface area contributed by atoms with Crippen LogP contribution in [0, 0.1) is 11.8 Å². The van der Waals surface area contributed by atoms with Crippen LogP contribution in [-0.2, 0) is 16.8 Å². The van der Waals surface area contributed by atoms with Gasteiger partial charge in [-0.1, -0.05) is 5.92 Å². The van der Waals surface area contributed by atoms with Gasteiger partial charge in [-0.05, 0) is 36.1 Å². The maximum absolute atomic E-state index is 12.5. The van der Waals surface area contributed by atoms with Crippen LogP contribution < -0.4 is 15.8 Å². The van der Waals surface area contributed by atoms with Crippen molar-refractivity contribution < 1.29 is 26.8 Å². The number of aliphatic hydroxyl groups excluding tert-OH is 1. The lowest BCUT2D eigenvalue weighted by molar-refractivity contribution is 0.309. The highest BCUT2D eigenvalue weighted by Crippen LogP contribution is 2.33. The summed E-state index contributed by atoms with van der Waals surface area (Å²) in [5.74, 6) is 5.67. The lowest BCUT2D eigenvalue weighted by atomic mass is 10.2. The minimum Gasteiger partial charge on any atom is -0.490 e. The molecule has 0 aromatic carbocycles. The summed E-state index contributed by atoms with van der Waals surface area (Å²) in [6, 6.07) is 0. The second kappa shape index (κ2) is 10.4. The number of halogens is 1. The Morgan fingerprint density at radius 2 is 2.19 bits per heavy atom. The lowest BCUT2D eigenvalue weighted by Crippen LogP contribution is -2.23. The third-order valence-corrected chi connectivity index (χ3v) is 5.03. The molecule has 0 amide bonds. The molecule has 0 atom stereocenters. The summed E-state index contributed by atoms with van der Waals surface area (Å²) in [6.45, 7) is 2.80. The second-order valence-electron chi connectivity index (χ2n) is 6.50. The van der Waals surface area contributed by atoms with Gasteiger partial charge in [-0.25, -0.2) is 14.6 Å². The summed E-state index contributed by atoms with van der Waals surface area (Å²) in [4.78, 5) is 8.87. The van der Waals surface area contributed by atoms with Gasteiger partial charge in [-0.3, -0.25) is 0 Å². The molecule has 4 N–H and O–H groups in total. The van der Waals surface area contributed by atoms with E-state index in [4.69, 9.17) is 20.2 Å². The first-order valence-electron chi connectivity index (χ1n) is 9.69. The summed E-state index contributed by atoms with van der Waals surface area (Å²) in [5.41, 5.74) is 7.50. The monoisotopic (exact) mass is 467 g/mol. The van der Waals surface area contributed by atoms with Crippen molar-refractivity contribution in [2.75, 3.05) is 37.8 Å². The standard InChI is InChI=1S/C18H22FN7O5S/c1-2-26-16-13(30-9-4-6-21-7-10-32(19,28)29)11-22-12(5-3-8-27)14(16)23-18(26)15-17(20)25-31-24-15/h11,21,27H,2,4,6-10H2,1H3,(H2,20,25). The molecule has 3 rings (SSSR count). The highest BCUT2D eigenvalue weighted by molar-refractivity contribution is 7.86. The SMILES string of the molecule is CCn1c(-c2nonc2N)nc2c(C#CCO)ncc(OCCCNCCS(=O)(=O)F)c21. The predicted octanol–water partition coefficient (Wildman–Crippen LogP) is 0.0850. The van der Waals surface area contributed by atoms with Gasteiger partial charge in [0.15, 0.2) is 23.1 Å². The maximum Gasteiger partial charge on any atom is 0.303 e. The van der Waals surface area contributed by atoms with E-state index in [2.05, 4.69) is 37.4 Å². The number of pyridine rings is 1. The van der Waals surface area contributed by atoms with Crippen LogP contribution in [0.1, 0.15) is 19.0 Å². The topological polar surface area (TPSA) is 171 Å². The molecule has 0 unspecified atom stereocenters. The molecule has 0 spiro atoms. The Morgan fingerprint density at radius 1 is 1.38 bits per heavy atom. The van der Waals surface area contributed by atoms with E-state index in [1.807, 2.05) is 11.5 Å². The van der Waals surface area contributed by atoms with Gasteiger partial charge < -0.3 is 25.5 Å². The molecule has 3 aromatic rings. The highest BCUT2D eigenvalue weighted by atomic mass is 32.3. The van der Waals surface area contributed by atoms with Crippen molar-refractivity contribution in [2.45, 2.75) is 19.9 Å². The minimum absolute atomic E-state index is 0.0159. The fourth-order valence-corrected chi connectivity index (χ4v) is 3.36. The van der Waals surface area contributed by atoms with Gasteiger partial charge in [0, 0.05) is 13.1 Å². The molecule has 0 saturated carbocycles. The Hall–Kier alpha value is -3.28. The Kier molecular flexibility index (Phi) is 7.57. The summed E-state index contributed by atoms with van der Waals surface area (Å²) >= 11 is 0. The van der Waals surface area contributed by atoms with Crippen molar-refractivity contribution in [3.8, 4) is 29.1 Å². The van der Waals surface area contributed by atoms with Crippen molar-refractivity contribution >= 4 is 27.1 Å². The average molecular weight is 467 g/mol. The second-order valence-corrected chi connectivity index (χ2v) is 7.99. The van der Waals surface area contributed by atoms with E-state index in [1.54, 1.807) is 0 Å². The number of fused-ring (bicyclic) bond motifs is 1. The first-order chi connectivity index (χ1) is 15.4. The van der Waals surface area contributed by atoms with E-state index < -0.39 is 16.0 Å². The van der Waals surface area contributed by atoms with Crippen LogP contribution in [0.3, 0.4) is 0 Å². The van der Waals surface area contributed by atoms with Gasteiger partial charge in [-0.15, -0.1) is 3.89 Å². The third-order valence-electron chi connectivity index (χ3n) is 4.34. The normalized spacial score (nSPS) is 11.5. The Bertz CT molecular complexity index is 1250. The molecule has 0 radical (unpaired) electrons. The van der Waals surface area contributed by atoms with Crippen LogP contribution in [0.15, 0.2) is 10.8 Å². The van der Waals surface area contributed by atoms with Crippen LogP contribution in [0.4, 0.5) is 9.70 Å². The number of aliphatic hydroxyl groups is 1. The minimum atomic E-state index is -4.49. The summed E-state index contributed by atoms with van der Waals surface area (Å²) in [5, 5.41) is 19.3. The number of aromatic nitrogens is 5. The number of nitrogens with one attached hydrogen (secondary N) is 1. The zero-order valence-electron chi connectivity index (χ0n) is 17.2. The van der Waals surface area contributed by atoms with Crippen LogP contribution in [0.25, 0.3) is 22.6 Å². The van der Waals surface area contributed by atoms with Crippen molar-refractivity contribution in [3.63, 3.8) is 0 Å². The fourth-order valence-electron chi connectivity index (χ4n) is 2.97. The van der Waals surface area contributed by atoms with Gasteiger partial charge in [0.2, 0.25) is 0 Å². The third kappa shape index (κ3) is 5.49. The highest BCUT2D eigenvalue weighted by Gasteiger charge is 2.23. The number of aryl methyl sites for hydroxylation is 1. The molecular weight excluding hydrogens is 445 g/mol. The Labute approximate surface area is 183 Å². The molecule has 12 nitrogen and oxygen atoms in total. The molecule has 172 valence electrons. The molecule has 3 heterocycles. The zero-order valence-corrected chi connectivity index (χ0v) is 18.0. The van der Waals surface area contributed by atoms with Crippen molar-refractivity contribution in [1.82, 2.24) is 30.2 Å². The average Bonchev–Trinajstić information content (AvgIpc) is 3.34. The Balaban J connectivity index is 1.85. The molecule has 0 saturated heterocycles. The van der Waals surface area contributed by atoms with Crippen LogP contribution in [0.5, 0.6) is 5.75 Å². The molecule has 14 heteroatoms. The van der Waals surface area contributed by atoms with E-state index in [0.717, 1.165) is 0 Å². The van der Waals surface area contributed by atoms with Crippen molar-refractivity contribution in [2.24, 2.45) is 0 Å². The smallest absolute Gasteiger partial charge is 0.303 e. The number of nitrogens with zero attached hydrogens (tertiary/aromatic N) is 5. The summed E-state index contributed by atoms with van der Waals surface area (Å²) in [6.07, 6.45) is 2.04. The summed E-state index contributed by atoms with van der Waals surface area (Å²) in [7, 11) is -4.49. The molecule has 0 aliphatic heterocycles. The van der Waals surface area contributed by atoms with Gasteiger partial charge >= 0.3 is 10.2 Å². The van der Waals surface area contributed by atoms with E-state index in [-0.39, 0.29) is 31.3 Å². The van der Waals surface area contributed by atoms with Crippen molar-refractivity contribution in [1.29, 1.82) is 0 Å². The number of ether oxygens (including phenoxy) is 1. The predicted molar refractivity (Wildman–Crippen MR) is 113 cm³/mol. The number of rotatable bonds is 10. The van der Waals surface area contributed by atoms with Crippen LogP contribution in [-0.4, -0.2) is 70.4 Å². The first-order valence-corrected chi connectivity index (χ1v) is 11.2. The largest absolute Gasteiger partial charge is 0.490 e.